The van der Waals surface area contributed by atoms with Crippen LogP contribution in [0.3, 0.4) is 0 Å². The summed E-state index contributed by atoms with van der Waals surface area (Å²) in [6, 6.07) is 0.280. The Morgan fingerprint density at radius 2 is 1.88 bits per heavy atom. The molecule has 1 unspecified atom stereocenters. The van der Waals surface area contributed by atoms with E-state index in [2.05, 4.69) is 10.0 Å². The first-order chi connectivity index (χ1) is 7.37. The van der Waals surface area contributed by atoms with E-state index in [9.17, 15) is 12.6 Å². The van der Waals surface area contributed by atoms with Gasteiger partial charge in [0.15, 0.2) is 0 Å². The Morgan fingerprint density at radius 1 is 1.25 bits per heavy atom. The van der Waals surface area contributed by atoms with Crippen LogP contribution in [0.1, 0.15) is 20.8 Å². The van der Waals surface area contributed by atoms with Gasteiger partial charge in [-0.15, -0.1) is 0 Å². The molecule has 5 nitrogen and oxygen atoms in total. The number of hydrogen-bond donors (Lipinski definition) is 2. The van der Waals surface area contributed by atoms with Gasteiger partial charge in [-0.2, -0.15) is 0 Å². The highest BCUT2D eigenvalue weighted by Crippen LogP contribution is 1.86. The van der Waals surface area contributed by atoms with Gasteiger partial charge in [-0.25, -0.2) is 13.1 Å². The summed E-state index contributed by atoms with van der Waals surface area (Å²) < 4.78 is 36.4. The lowest BCUT2D eigenvalue weighted by molar-refractivity contribution is 0.569. The number of rotatable bonds is 9. The minimum absolute atomic E-state index is 0.0595. The molecule has 0 fully saturated rings. The lowest BCUT2D eigenvalue weighted by atomic mass is 10.4. The lowest BCUT2D eigenvalue weighted by Gasteiger charge is -2.09. The van der Waals surface area contributed by atoms with Crippen molar-refractivity contribution in [2.24, 2.45) is 0 Å². The number of nitrogens with one attached hydrogen (secondary N) is 2. The molecule has 0 saturated carbocycles. The zero-order chi connectivity index (χ0) is 12.6. The maximum atomic E-state index is 11.4. The molecule has 0 aliphatic heterocycles. The quantitative estimate of drug-likeness (QED) is 0.602. The maximum Gasteiger partial charge on any atom is 0.212 e. The van der Waals surface area contributed by atoms with Crippen LogP contribution in [0.5, 0.6) is 0 Å². The molecule has 0 aromatic carbocycles. The van der Waals surface area contributed by atoms with Gasteiger partial charge in [0, 0.05) is 41.4 Å². The molecule has 0 heterocycles. The Bertz CT molecular complexity index is 302. The Balaban J connectivity index is 3.75. The molecule has 16 heavy (non-hydrogen) atoms. The smallest absolute Gasteiger partial charge is 0.212 e. The highest BCUT2D eigenvalue weighted by molar-refractivity contribution is 7.89. The van der Waals surface area contributed by atoms with Crippen molar-refractivity contribution in [2.45, 2.75) is 26.8 Å². The molecule has 0 spiro atoms. The summed E-state index contributed by atoms with van der Waals surface area (Å²) in [7, 11) is -4.15. The molecule has 0 bridgehead atoms. The molecule has 1 atom stereocenters. The van der Waals surface area contributed by atoms with Crippen LogP contribution in [0.25, 0.3) is 0 Å². The van der Waals surface area contributed by atoms with E-state index in [-0.39, 0.29) is 18.3 Å². The van der Waals surface area contributed by atoms with Crippen molar-refractivity contribution < 1.29 is 12.6 Å². The molecule has 2 N–H and O–H groups in total. The van der Waals surface area contributed by atoms with E-state index in [1.165, 1.54) is 0 Å². The summed E-state index contributed by atoms with van der Waals surface area (Å²) in [4.78, 5) is 0. The average Bonchev–Trinajstić information content (AvgIpc) is 2.16. The molecule has 0 saturated heterocycles. The third-order valence-corrected chi connectivity index (χ3v) is 4.59. The van der Waals surface area contributed by atoms with E-state index in [1.54, 1.807) is 0 Å². The third-order valence-electron chi connectivity index (χ3n) is 1.90. The largest absolute Gasteiger partial charge is 0.313 e. The second kappa shape index (κ2) is 8.16. The van der Waals surface area contributed by atoms with Gasteiger partial charge in [-0.05, 0) is 0 Å². The normalized spacial score (nSPS) is 14.2. The van der Waals surface area contributed by atoms with Crippen molar-refractivity contribution in [3.63, 3.8) is 0 Å². The highest BCUT2D eigenvalue weighted by Gasteiger charge is 2.09. The second-order valence-corrected chi connectivity index (χ2v) is 7.55. The fourth-order valence-electron chi connectivity index (χ4n) is 1.01. The summed E-state index contributed by atoms with van der Waals surface area (Å²) in [5, 5.41) is 3.03. The predicted octanol–water partition coefficient (Wildman–Crippen LogP) is -0.328. The van der Waals surface area contributed by atoms with Gasteiger partial charge in [0.25, 0.3) is 0 Å². The molecule has 0 rings (SSSR count). The fourth-order valence-corrected chi connectivity index (χ4v) is 2.70. The molecular weight excluding hydrogens is 248 g/mol. The van der Waals surface area contributed by atoms with Crippen LogP contribution in [0, 0.1) is 0 Å². The zero-order valence-electron chi connectivity index (χ0n) is 10.2. The van der Waals surface area contributed by atoms with Crippen LogP contribution < -0.4 is 10.0 Å². The minimum atomic E-state index is -3.23. The second-order valence-electron chi connectivity index (χ2n) is 3.75. The molecule has 0 aliphatic carbocycles. The molecule has 0 aliphatic rings. The van der Waals surface area contributed by atoms with Crippen LogP contribution >= 0.6 is 0 Å². The standard InChI is InChI=1S/C9H22N2O3S2/c1-4-15(12)7-5-11-16(13,14)8-6-10-9(2)3/h9-11H,4-8H2,1-3H3. The van der Waals surface area contributed by atoms with Crippen molar-refractivity contribution in [1.29, 1.82) is 0 Å². The first-order valence-corrected chi connectivity index (χ1v) is 8.57. The topological polar surface area (TPSA) is 75.3 Å². The van der Waals surface area contributed by atoms with E-state index in [0.717, 1.165) is 0 Å². The molecule has 7 heteroatoms. The third kappa shape index (κ3) is 9.26. The molecule has 0 radical (unpaired) electrons. The van der Waals surface area contributed by atoms with Crippen LogP contribution in [0.2, 0.25) is 0 Å². The van der Waals surface area contributed by atoms with Crippen LogP contribution in [-0.2, 0) is 20.8 Å². The summed E-state index contributed by atoms with van der Waals surface area (Å²) >= 11 is 0. The average molecular weight is 270 g/mol. The summed E-state index contributed by atoms with van der Waals surface area (Å²) in [5.74, 6) is 1.01. The highest BCUT2D eigenvalue weighted by atomic mass is 32.2. The van der Waals surface area contributed by atoms with Crippen LogP contribution in [0.4, 0.5) is 0 Å². The van der Waals surface area contributed by atoms with Crippen molar-refractivity contribution >= 4 is 20.8 Å². The Labute approximate surface area is 101 Å². The molecular formula is C9H22N2O3S2. The fraction of sp³-hybridized carbons (Fsp3) is 1.00. The Morgan fingerprint density at radius 3 is 2.38 bits per heavy atom. The minimum Gasteiger partial charge on any atom is -0.313 e. The number of sulfonamides is 1. The Hall–Kier alpha value is 0.0200. The summed E-state index contributed by atoms with van der Waals surface area (Å²) in [6.45, 7) is 6.43. The van der Waals surface area contributed by atoms with Gasteiger partial charge in [-0.1, -0.05) is 20.8 Å². The molecule has 0 amide bonds. The van der Waals surface area contributed by atoms with Gasteiger partial charge < -0.3 is 5.32 Å². The van der Waals surface area contributed by atoms with Crippen molar-refractivity contribution in [3.8, 4) is 0 Å². The Kier molecular flexibility index (Phi) is 8.17. The molecule has 0 aromatic rings. The van der Waals surface area contributed by atoms with Crippen LogP contribution in [0.15, 0.2) is 0 Å². The lowest BCUT2D eigenvalue weighted by Crippen LogP contribution is -2.35. The zero-order valence-corrected chi connectivity index (χ0v) is 11.8. The van der Waals surface area contributed by atoms with Gasteiger partial charge in [0.2, 0.25) is 10.0 Å². The van der Waals surface area contributed by atoms with Crippen molar-refractivity contribution in [2.75, 3.05) is 30.3 Å². The summed E-state index contributed by atoms with van der Waals surface area (Å²) in [5.41, 5.74) is 0. The first-order valence-electron chi connectivity index (χ1n) is 5.43. The first kappa shape index (κ1) is 16.0. The van der Waals surface area contributed by atoms with Crippen molar-refractivity contribution in [1.82, 2.24) is 10.0 Å². The van der Waals surface area contributed by atoms with Crippen LogP contribution in [-0.4, -0.2) is 49.0 Å². The monoisotopic (exact) mass is 270 g/mol. The van der Waals surface area contributed by atoms with E-state index in [4.69, 9.17) is 0 Å². The van der Waals surface area contributed by atoms with Crippen molar-refractivity contribution in [3.05, 3.63) is 0 Å². The maximum absolute atomic E-state index is 11.4. The van der Waals surface area contributed by atoms with Gasteiger partial charge >= 0.3 is 0 Å². The number of hydrogen-bond acceptors (Lipinski definition) is 4. The SMILES string of the molecule is CCS(=O)CCNS(=O)(=O)CCNC(C)C. The van der Waals surface area contributed by atoms with E-state index in [1.807, 2.05) is 20.8 Å². The molecule has 0 aromatic heterocycles. The van der Waals surface area contributed by atoms with Gasteiger partial charge in [0.05, 0.1) is 5.75 Å². The van der Waals surface area contributed by atoms with Gasteiger partial charge in [0.1, 0.15) is 0 Å². The van der Waals surface area contributed by atoms with E-state index >= 15 is 0 Å². The summed E-state index contributed by atoms with van der Waals surface area (Å²) in [6.07, 6.45) is 0. The van der Waals surface area contributed by atoms with E-state index in [0.29, 0.717) is 18.1 Å². The van der Waals surface area contributed by atoms with E-state index < -0.39 is 20.8 Å². The predicted molar refractivity (Wildman–Crippen MR) is 68.5 cm³/mol. The van der Waals surface area contributed by atoms with Gasteiger partial charge in [-0.3, -0.25) is 4.21 Å². The molecule has 98 valence electrons.